The van der Waals surface area contributed by atoms with Gasteiger partial charge in [0.15, 0.2) is 0 Å². The summed E-state index contributed by atoms with van der Waals surface area (Å²) in [5.74, 6) is 0.816. The molecule has 4 rings (SSSR count). The Morgan fingerprint density at radius 2 is 1.83 bits per heavy atom. The van der Waals surface area contributed by atoms with Crippen molar-refractivity contribution in [2.45, 2.75) is 12.8 Å². The van der Waals surface area contributed by atoms with Gasteiger partial charge in [0.05, 0.1) is 10.0 Å². The van der Waals surface area contributed by atoms with Gasteiger partial charge in [-0.1, -0.05) is 53.5 Å². The van der Waals surface area contributed by atoms with Crippen LogP contribution in [0.15, 0.2) is 48.5 Å². The fourth-order valence-corrected chi connectivity index (χ4v) is 4.38. The number of aromatic nitrogens is 2. The van der Waals surface area contributed by atoms with Gasteiger partial charge in [-0.25, -0.2) is 4.98 Å². The van der Waals surface area contributed by atoms with Gasteiger partial charge in [0.25, 0.3) is 5.91 Å². The van der Waals surface area contributed by atoms with E-state index >= 15 is 0 Å². The van der Waals surface area contributed by atoms with Gasteiger partial charge in [-0.15, -0.1) is 0 Å². The van der Waals surface area contributed by atoms with Crippen LogP contribution in [0.2, 0.25) is 10.0 Å². The normalized spacial score (nSPS) is 14.7. The molecule has 0 unspecified atom stereocenters. The zero-order chi connectivity index (χ0) is 20.2. The molecular formula is C21H20Cl2N4OS. The van der Waals surface area contributed by atoms with Crippen LogP contribution in [0.25, 0.3) is 0 Å². The number of carbonyl (C=O) groups excluding carboxylic acids is 1. The molecule has 0 aliphatic carbocycles. The van der Waals surface area contributed by atoms with E-state index in [1.165, 1.54) is 17.1 Å². The number of halogens is 2. The minimum absolute atomic E-state index is 0.0209. The average molecular weight is 447 g/mol. The minimum Gasteiger partial charge on any atom is -0.345 e. The van der Waals surface area contributed by atoms with Crippen LogP contribution in [-0.2, 0) is 6.42 Å². The third kappa shape index (κ3) is 4.89. The zero-order valence-electron chi connectivity index (χ0n) is 15.7. The number of rotatable bonds is 4. The van der Waals surface area contributed by atoms with E-state index in [2.05, 4.69) is 21.4 Å². The maximum absolute atomic E-state index is 12.8. The van der Waals surface area contributed by atoms with E-state index in [4.69, 9.17) is 28.2 Å². The zero-order valence-corrected chi connectivity index (χ0v) is 18.1. The first kappa shape index (κ1) is 20.1. The molecule has 1 aliphatic rings. The molecule has 1 amide bonds. The molecule has 0 atom stereocenters. The van der Waals surface area contributed by atoms with E-state index in [0.717, 1.165) is 36.9 Å². The first-order valence-corrected chi connectivity index (χ1v) is 11.0. The summed E-state index contributed by atoms with van der Waals surface area (Å²) in [6, 6.07) is 15.2. The highest BCUT2D eigenvalue weighted by Crippen LogP contribution is 2.24. The Bertz CT molecular complexity index is 995. The molecular weight excluding hydrogens is 427 g/mol. The summed E-state index contributed by atoms with van der Waals surface area (Å²) in [6.07, 6.45) is 1.60. The van der Waals surface area contributed by atoms with Gasteiger partial charge in [0.2, 0.25) is 5.13 Å². The van der Waals surface area contributed by atoms with Crippen molar-refractivity contribution >= 4 is 45.8 Å². The molecule has 2 aromatic carbocycles. The predicted molar refractivity (Wildman–Crippen MR) is 118 cm³/mol. The third-order valence-electron chi connectivity index (χ3n) is 4.88. The van der Waals surface area contributed by atoms with Gasteiger partial charge in [0, 0.05) is 49.7 Å². The number of carbonyl (C=O) groups is 1. The molecule has 0 saturated carbocycles. The number of nitrogens with zero attached hydrogens (tertiary/aromatic N) is 4. The summed E-state index contributed by atoms with van der Waals surface area (Å²) in [6.45, 7) is 2.91. The predicted octanol–water partition coefficient (Wildman–Crippen LogP) is 4.79. The minimum atomic E-state index is -0.0209. The first-order chi connectivity index (χ1) is 14.1. The van der Waals surface area contributed by atoms with E-state index in [1.54, 1.807) is 18.2 Å². The maximum Gasteiger partial charge on any atom is 0.253 e. The Kier molecular flexibility index (Phi) is 6.33. The molecule has 5 nitrogen and oxygen atoms in total. The lowest BCUT2D eigenvalue weighted by Gasteiger charge is -2.21. The second-order valence-electron chi connectivity index (χ2n) is 6.92. The van der Waals surface area contributed by atoms with Gasteiger partial charge in [0.1, 0.15) is 5.82 Å². The largest absolute Gasteiger partial charge is 0.345 e. The summed E-state index contributed by atoms with van der Waals surface area (Å²) >= 11 is 13.5. The summed E-state index contributed by atoms with van der Waals surface area (Å²) in [5.41, 5.74) is 1.76. The quantitative estimate of drug-likeness (QED) is 0.577. The Balaban J connectivity index is 1.40. The molecule has 2 heterocycles. The van der Waals surface area contributed by atoms with Crippen molar-refractivity contribution in [3.05, 3.63) is 75.5 Å². The highest BCUT2D eigenvalue weighted by molar-refractivity contribution is 7.09. The molecule has 8 heteroatoms. The van der Waals surface area contributed by atoms with E-state index in [1.807, 2.05) is 23.1 Å². The lowest BCUT2D eigenvalue weighted by molar-refractivity contribution is 0.0767. The van der Waals surface area contributed by atoms with Crippen LogP contribution >= 0.6 is 34.7 Å². The molecule has 1 aliphatic heterocycles. The van der Waals surface area contributed by atoms with Crippen molar-refractivity contribution in [1.82, 2.24) is 14.3 Å². The second-order valence-corrected chi connectivity index (χ2v) is 8.46. The summed E-state index contributed by atoms with van der Waals surface area (Å²) in [7, 11) is 0. The van der Waals surface area contributed by atoms with Crippen LogP contribution in [0.1, 0.15) is 28.2 Å². The van der Waals surface area contributed by atoms with E-state index in [-0.39, 0.29) is 5.91 Å². The monoisotopic (exact) mass is 446 g/mol. The van der Waals surface area contributed by atoms with Crippen LogP contribution in [0, 0.1) is 0 Å². The van der Waals surface area contributed by atoms with Crippen molar-refractivity contribution < 1.29 is 4.79 Å². The van der Waals surface area contributed by atoms with Gasteiger partial charge < -0.3 is 9.80 Å². The molecule has 0 N–H and O–H groups in total. The average Bonchev–Trinajstić information content (AvgIpc) is 3.05. The van der Waals surface area contributed by atoms with Crippen LogP contribution in [0.4, 0.5) is 5.13 Å². The highest BCUT2D eigenvalue weighted by Gasteiger charge is 2.22. The number of anilines is 1. The molecule has 0 spiro atoms. The van der Waals surface area contributed by atoms with E-state index in [0.29, 0.717) is 28.7 Å². The standard InChI is InChI=1S/C21H20Cl2N4OS/c22-17-8-7-16(14-18(17)23)20(28)26-9-4-10-27(12-11-26)21-24-19(25-29-21)13-15-5-2-1-3-6-15/h1-3,5-8,14H,4,9-13H2. The number of hydrogen-bond donors (Lipinski definition) is 0. The summed E-state index contributed by atoms with van der Waals surface area (Å²) < 4.78 is 4.52. The van der Waals surface area contributed by atoms with Crippen molar-refractivity contribution in [2.75, 3.05) is 31.1 Å². The SMILES string of the molecule is O=C(c1ccc(Cl)c(Cl)c1)N1CCCN(c2nc(Cc3ccccc3)ns2)CC1. The molecule has 1 aromatic heterocycles. The van der Waals surface area contributed by atoms with Crippen LogP contribution < -0.4 is 4.90 Å². The lowest BCUT2D eigenvalue weighted by Crippen LogP contribution is -2.35. The summed E-state index contributed by atoms with van der Waals surface area (Å²) in [4.78, 5) is 21.6. The van der Waals surface area contributed by atoms with Gasteiger partial charge >= 0.3 is 0 Å². The van der Waals surface area contributed by atoms with E-state index in [9.17, 15) is 4.79 Å². The van der Waals surface area contributed by atoms with Gasteiger partial charge in [-0.3, -0.25) is 4.79 Å². The second kappa shape index (κ2) is 9.11. The molecule has 0 bridgehead atoms. The molecule has 0 radical (unpaired) electrons. The highest BCUT2D eigenvalue weighted by atomic mass is 35.5. The lowest BCUT2D eigenvalue weighted by atomic mass is 10.1. The molecule has 1 saturated heterocycles. The topological polar surface area (TPSA) is 49.3 Å². The van der Waals surface area contributed by atoms with Crippen LogP contribution in [0.3, 0.4) is 0 Å². The first-order valence-electron chi connectivity index (χ1n) is 9.46. The molecule has 150 valence electrons. The number of amides is 1. The maximum atomic E-state index is 12.8. The molecule has 29 heavy (non-hydrogen) atoms. The third-order valence-corrected chi connectivity index (χ3v) is 6.44. The summed E-state index contributed by atoms with van der Waals surface area (Å²) in [5, 5.41) is 1.77. The Morgan fingerprint density at radius 1 is 1.00 bits per heavy atom. The Hall–Kier alpha value is -2.15. The molecule has 3 aromatic rings. The van der Waals surface area contributed by atoms with Crippen molar-refractivity contribution in [3.8, 4) is 0 Å². The fourth-order valence-electron chi connectivity index (χ4n) is 3.35. The van der Waals surface area contributed by atoms with Crippen molar-refractivity contribution in [1.29, 1.82) is 0 Å². The van der Waals surface area contributed by atoms with Gasteiger partial charge in [-0.2, -0.15) is 4.37 Å². The fraction of sp³-hybridized carbons (Fsp3) is 0.286. The van der Waals surface area contributed by atoms with Crippen LogP contribution in [-0.4, -0.2) is 46.3 Å². The number of benzene rings is 2. The Labute approximate surface area is 184 Å². The van der Waals surface area contributed by atoms with Crippen molar-refractivity contribution in [2.24, 2.45) is 0 Å². The number of hydrogen-bond acceptors (Lipinski definition) is 5. The van der Waals surface area contributed by atoms with Crippen LogP contribution in [0.5, 0.6) is 0 Å². The smallest absolute Gasteiger partial charge is 0.253 e. The van der Waals surface area contributed by atoms with Gasteiger partial charge in [-0.05, 0) is 30.2 Å². The van der Waals surface area contributed by atoms with Crippen molar-refractivity contribution in [3.63, 3.8) is 0 Å². The molecule has 1 fully saturated rings. The Morgan fingerprint density at radius 3 is 2.62 bits per heavy atom. The van der Waals surface area contributed by atoms with E-state index < -0.39 is 0 Å².